The van der Waals surface area contributed by atoms with Crippen LogP contribution >= 0.6 is 0 Å². The molecule has 0 saturated carbocycles. The van der Waals surface area contributed by atoms with Gasteiger partial charge in [-0.1, -0.05) is 30.3 Å². The van der Waals surface area contributed by atoms with Crippen LogP contribution in [0.3, 0.4) is 0 Å². The van der Waals surface area contributed by atoms with E-state index in [1.807, 2.05) is 31.2 Å². The predicted molar refractivity (Wildman–Crippen MR) is 97.2 cm³/mol. The maximum Gasteiger partial charge on any atom is 0.345 e. The van der Waals surface area contributed by atoms with Crippen LogP contribution in [0, 0.1) is 13.8 Å². The summed E-state index contributed by atoms with van der Waals surface area (Å²) in [7, 11) is -4.19. The quantitative estimate of drug-likeness (QED) is 0.586. The number of fused-ring (bicyclic) bond motifs is 2. The predicted octanol–water partition coefficient (Wildman–Crippen LogP) is 2.16. The average molecular weight is 370 g/mol. The van der Waals surface area contributed by atoms with E-state index >= 15 is 0 Å². The Morgan fingerprint density at radius 3 is 2.38 bits per heavy atom. The molecular formula is C19H18N2O4S. The molecule has 0 radical (unpaired) electrons. The van der Waals surface area contributed by atoms with Crippen LogP contribution in [-0.4, -0.2) is 22.1 Å². The summed E-state index contributed by atoms with van der Waals surface area (Å²) >= 11 is 0. The molecule has 0 amide bonds. The maximum absolute atomic E-state index is 13.0. The van der Waals surface area contributed by atoms with Crippen molar-refractivity contribution in [3.8, 4) is 5.88 Å². The molecule has 0 fully saturated rings. The molecule has 0 spiro atoms. The van der Waals surface area contributed by atoms with Crippen molar-refractivity contribution in [3.05, 3.63) is 80.9 Å². The molecule has 0 atom stereocenters. The van der Waals surface area contributed by atoms with Gasteiger partial charge >= 0.3 is 5.69 Å². The summed E-state index contributed by atoms with van der Waals surface area (Å²) in [4.78, 5) is 12.8. The molecule has 26 heavy (non-hydrogen) atoms. The van der Waals surface area contributed by atoms with Crippen LogP contribution in [-0.2, 0) is 23.0 Å². The minimum atomic E-state index is -4.19. The van der Waals surface area contributed by atoms with E-state index in [1.54, 1.807) is 13.0 Å². The first-order chi connectivity index (χ1) is 12.3. The first-order valence-corrected chi connectivity index (χ1v) is 9.67. The summed E-state index contributed by atoms with van der Waals surface area (Å²) in [5.74, 6) is -0.511. The standard InChI is InChI=1S/C19H18N2O4S/c1-12-7-8-16(9-13(12)2)26(24,25)21-18(22)17-10-14-5-3-4-6-15(14)11-20(17)19(21)23/h3-9,22H,10-11H2,1-2H3. The largest absolute Gasteiger partial charge is 0.492 e. The fourth-order valence-corrected chi connectivity index (χ4v) is 4.74. The number of rotatable bonds is 2. The Morgan fingerprint density at radius 2 is 1.69 bits per heavy atom. The number of hydrogen-bond donors (Lipinski definition) is 1. The Hall–Kier alpha value is -2.80. The summed E-state index contributed by atoms with van der Waals surface area (Å²) in [6.45, 7) is 3.93. The summed E-state index contributed by atoms with van der Waals surface area (Å²) in [5, 5.41) is 10.6. The Labute approximate surface area is 151 Å². The van der Waals surface area contributed by atoms with Gasteiger partial charge in [-0.15, -0.1) is 3.97 Å². The topological polar surface area (TPSA) is 81.3 Å². The van der Waals surface area contributed by atoms with E-state index in [0.29, 0.717) is 16.1 Å². The van der Waals surface area contributed by atoms with E-state index in [1.165, 1.54) is 16.7 Å². The van der Waals surface area contributed by atoms with Gasteiger partial charge in [0.05, 0.1) is 17.1 Å². The van der Waals surface area contributed by atoms with Crippen molar-refractivity contribution < 1.29 is 13.5 Å². The molecule has 1 aliphatic heterocycles. The molecule has 1 N–H and O–H groups in total. The van der Waals surface area contributed by atoms with E-state index in [0.717, 1.165) is 22.3 Å². The minimum Gasteiger partial charge on any atom is -0.492 e. The molecule has 7 heteroatoms. The summed E-state index contributed by atoms with van der Waals surface area (Å²) < 4.78 is 27.9. The SMILES string of the molecule is Cc1ccc(S(=O)(=O)n2c(O)c3n(c2=O)Cc2ccccc2C3)cc1C. The zero-order valence-electron chi connectivity index (χ0n) is 14.4. The lowest BCUT2D eigenvalue weighted by Gasteiger charge is -2.17. The second-order valence-corrected chi connectivity index (χ2v) is 8.39. The van der Waals surface area contributed by atoms with Crippen LogP contribution in [0.1, 0.15) is 27.9 Å². The molecule has 0 unspecified atom stereocenters. The Morgan fingerprint density at radius 1 is 1.00 bits per heavy atom. The van der Waals surface area contributed by atoms with E-state index in [-0.39, 0.29) is 11.4 Å². The highest BCUT2D eigenvalue weighted by Gasteiger charge is 2.31. The zero-order valence-corrected chi connectivity index (χ0v) is 15.2. The summed E-state index contributed by atoms with van der Waals surface area (Å²) in [6, 6.07) is 12.2. The third-order valence-corrected chi connectivity index (χ3v) is 6.66. The molecule has 6 nitrogen and oxygen atoms in total. The first-order valence-electron chi connectivity index (χ1n) is 8.23. The van der Waals surface area contributed by atoms with Crippen LogP contribution in [0.25, 0.3) is 0 Å². The van der Waals surface area contributed by atoms with Gasteiger partial charge in [-0.05, 0) is 48.2 Å². The van der Waals surface area contributed by atoms with Crippen molar-refractivity contribution in [2.45, 2.75) is 31.7 Å². The van der Waals surface area contributed by atoms with Crippen LogP contribution < -0.4 is 5.69 Å². The molecular weight excluding hydrogens is 352 g/mol. The van der Waals surface area contributed by atoms with Gasteiger partial charge in [0, 0.05) is 6.42 Å². The van der Waals surface area contributed by atoms with Crippen LogP contribution in [0.15, 0.2) is 52.2 Å². The number of hydrogen-bond acceptors (Lipinski definition) is 4. The van der Waals surface area contributed by atoms with Gasteiger partial charge in [0.1, 0.15) is 0 Å². The van der Waals surface area contributed by atoms with Crippen LogP contribution in [0.2, 0.25) is 0 Å². The van der Waals surface area contributed by atoms with Gasteiger partial charge in [-0.3, -0.25) is 4.57 Å². The highest BCUT2D eigenvalue weighted by Crippen LogP contribution is 2.29. The molecule has 0 saturated heterocycles. The third-order valence-electron chi connectivity index (χ3n) is 5.00. The molecule has 3 aromatic rings. The smallest absolute Gasteiger partial charge is 0.345 e. The van der Waals surface area contributed by atoms with E-state index in [9.17, 15) is 18.3 Å². The van der Waals surface area contributed by atoms with Crippen molar-refractivity contribution >= 4 is 10.0 Å². The molecule has 1 aliphatic rings. The molecule has 2 heterocycles. The lowest BCUT2D eigenvalue weighted by Crippen LogP contribution is -2.31. The highest BCUT2D eigenvalue weighted by molar-refractivity contribution is 7.90. The molecule has 0 aliphatic carbocycles. The Kier molecular flexibility index (Phi) is 3.59. The van der Waals surface area contributed by atoms with Crippen molar-refractivity contribution in [1.29, 1.82) is 0 Å². The lowest BCUT2D eigenvalue weighted by molar-refractivity contribution is 0.437. The monoisotopic (exact) mass is 370 g/mol. The van der Waals surface area contributed by atoms with Crippen molar-refractivity contribution in [2.75, 3.05) is 0 Å². The van der Waals surface area contributed by atoms with Gasteiger partial charge in [-0.2, -0.15) is 0 Å². The van der Waals surface area contributed by atoms with Gasteiger partial charge in [-0.25, -0.2) is 13.2 Å². The summed E-state index contributed by atoms with van der Waals surface area (Å²) in [5.41, 5.74) is 3.25. The van der Waals surface area contributed by atoms with Crippen molar-refractivity contribution in [1.82, 2.24) is 8.54 Å². The van der Waals surface area contributed by atoms with E-state index in [2.05, 4.69) is 0 Å². The lowest BCUT2D eigenvalue weighted by atomic mass is 9.99. The van der Waals surface area contributed by atoms with E-state index < -0.39 is 21.6 Å². The van der Waals surface area contributed by atoms with Crippen molar-refractivity contribution in [3.63, 3.8) is 0 Å². The van der Waals surface area contributed by atoms with Crippen LogP contribution in [0.4, 0.5) is 0 Å². The minimum absolute atomic E-state index is 0.0153. The summed E-state index contributed by atoms with van der Waals surface area (Å²) in [6.07, 6.45) is 0.312. The number of imidazole rings is 1. The Balaban J connectivity index is 1.91. The van der Waals surface area contributed by atoms with Gasteiger partial charge in [0.2, 0.25) is 5.88 Å². The first kappa shape index (κ1) is 16.7. The van der Waals surface area contributed by atoms with Gasteiger partial charge in [0.15, 0.2) is 0 Å². The highest BCUT2D eigenvalue weighted by atomic mass is 32.2. The molecule has 0 bridgehead atoms. The number of nitrogens with zero attached hydrogens (tertiary/aromatic N) is 2. The van der Waals surface area contributed by atoms with E-state index in [4.69, 9.17) is 0 Å². The fourth-order valence-electron chi connectivity index (χ4n) is 3.32. The molecule has 4 rings (SSSR count). The molecule has 2 aromatic carbocycles. The second-order valence-electron chi connectivity index (χ2n) is 6.60. The normalized spacial score (nSPS) is 13.3. The van der Waals surface area contributed by atoms with Gasteiger partial charge in [0.25, 0.3) is 10.0 Å². The number of aryl methyl sites for hydroxylation is 2. The van der Waals surface area contributed by atoms with Crippen LogP contribution in [0.5, 0.6) is 5.88 Å². The zero-order chi connectivity index (χ0) is 18.6. The average Bonchev–Trinajstić information content (AvgIpc) is 2.86. The second kappa shape index (κ2) is 5.60. The Bertz CT molecular complexity index is 1200. The maximum atomic E-state index is 13.0. The molecule has 1 aromatic heterocycles. The fraction of sp³-hybridized carbons (Fsp3) is 0.211. The number of aromatic nitrogens is 2. The molecule has 134 valence electrons. The van der Waals surface area contributed by atoms with Gasteiger partial charge < -0.3 is 5.11 Å². The third kappa shape index (κ3) is 2.31. The number of aromatic hydroxyl groups is 1. The number of benzene rings is 2. The van der Waals surface area contributed by atoms with Crippen molar-refractivity contribution in [2.24, 2.45) is 0 Å².